The van der Waals surface area contributed by atoms with E-state index in [0.29, 0.717) is 6.54 Å². The molecule has 0 radical (unpaired) electrons. The van der Waals surface area contributed by atoms with E-state index in [0.717, 1.165) is 16.8 Å². The van der Waals surface area contributed by atoms with E-state index < -0.39 is 6.10 Å². The Morgan fingerprint density at radius 2 is 1.69 bits per heavy atom. The topological polar surface area (TPSA) is 38.1 Å². The Labute approximate surface area is 172 Å². The minimum absolute atomic E-state index is 0.689. The molecule has 29 heavy (non-hydrogen) atoms. The van der Waals surface area contributed by atoms with Gasteiger partial charge in [0.1, 0.15) is 6.10 Å². The summed E-state index contributed by atoms with van der Waals surface area (Å²) in [6, 6.07) is 23.1. The lowest BCUT2D eigenvalue weighted by atomic mass is 9.95. The Morgan fingerprint density at radius 3 is 2.41 bits per heavy atom. The number of nitrogens with zero attached hydrogens (tertiary/aromatic N) is 2. The Hall–Kier alpha value is -3.17. The lowest BCUT2D eigenvalue weighted by molar-refractivity contribution is 0.210. The smallest absolute Gasteiger partial charge is 0.121 e. The van der Waals surface area contributed by atoms with Gasteiger partial charge in [-0.3, -0.25) is 0 Å². The SMILES string of the molecule is Cc1ccc(-c2ccc(C(O)c3cncn3Cc3cccc(C)c3)cc2C)cc1. The van der Waals surface area contributed by atoms with Crippen molar-refractivity contribution in [1.29, 1.82) is 0 Å². The lowest BCUT2D eigenvalue weighted by Crippen LogP contribution is -2.09. The van der Waals surface area contributed by atoms with Crippen LogP contribution < -0.4 is 0 Å². The van der Waals surface area contributed by atoms with E-state index in [2.05, 4.69) is 86.4 Å². The fourth-order valence-electron chi connectivity index (χ4n) is 3.78. The Morgan fingerprint density at radius 1 is 0.897 bits per heavy atom. The minimum atomic E-state index is -0.715. The summed E-state index contributed by atoms with van der Waals surface area (Å²) in [7, 11) is 0. The van der Waals surface area contributed by atoms with Crippen molar-refractivity contribution in [2.24, 2.45) is 0 Å². The van der Waals surface area contributed by atoms with Crippen LogP contribution in [-0.2, 0) is 6.54 Å². The molecule has 146 valence electrons. The molecule has 0 bridgehead atoms. The summed E-state index contributed by atoms with van der Waals surface area (Å²) in [5.74, 6) is 0. The van der Waals surface area contributed by atoms with Crippen LogP contribution in [0.1, 0.15) is 39.6 Å². The monoisotopic (exact) mass is 382 g/mol. The van der Waals surface area contributed by atoms with Crippen LogP contribution in [-0.4, -0.2) is 14.7 Å². The summed E-state index contributed by atoms with van der Waals surface area (Å²) >= 11 is 0. The van der Waals surface area contributed by atoms with E-state index in [4.69, 9.17) is 0 Å². The van der Waals surface area contributed by atoms with E-state index in [1.54, 1.807) is 12.5 Å². The molecule has 0 aliphatic rings. The van der Waals surface area contributed by atoms with Crippen molar-refractivity contribution in [2.75, 3.05) is 0 Å². The molecule has 1 unspecified atom stereocenters. The summed E-state index contributed by atoms with van der Waals surface area (Å²) in [4.78, 5) is 4.29. The number of imidazole rings is 1. The van der Waals surface area contributed by atoms with E-state index in [1.165, 1.54) is 27.8 Å². The van der Waals surface area contributed by atoms with Gasteiger partial charge in [0.15, 0.2) is 0 Å². The summed E-state index contributed by atoms with van der Waals surface area (Å²) in [6.45, 7) is 6.96. The molecule has 1 heterocycles. The zero-order valence-electron chi connectivity index (χ0n) is 17.1. The first-order valence-electron chi connectivity index (χ1n) is 9.92. The maximum absolute atomic E-state index is 11.1. The van der Waals surface area contributed by atoms with Gasteiger partial charge in [0.25, 0.3) is 0 Å². The third-order valence-electron chi connectivity index (χ3n) is 5.39. The molecule has 0 fully saturated rings. The van der Waals surface area contributed by atoms with Gasteiger partial charge in [-0.05, 0) is 48.6 Å². The molecule has 1 N–H and O–H groups in total. The molecule has 0 aliphatic heterocycles. The molecule has 3 aromatic carbocycles. The second-order valence-corrected chi connectivity index (χ2v) is 7.78. The van der Waals surface area contributed by atoms with Gasteiger partial charge in [-0.1, -0.05) is 77.9 Å². The van der Waals surface area contributed by atoms with Crippen LogP contribution in [0, 0.1) is 20.8 Å². The number of aryl methyl sites for hydroxylation is 3. The Bertz CT molecular complexity index is 1130. The molecular weight excluding hydrogens is 356 g/mol. The van der Waals surface area contributed by atoms with Gasteiger partial charge in [-0.2, -0.15) is 0 Å². The van der Waals surface area contributed by atoms with Crippen LogP contribution in [0.25, 0.3) is 11.1 Å². The van der Waals surface area contributed by atoms with Crippen LogP contribution in [0.15, 0.2) is 79.3 Å². The number of aliphatic hydroxyl groups is 1. The van der Waals surface area contributed by atoms with Crippen molar-refractivity contribution >= 4 is 0 Å². The summed E-state index contributed by atoms with van der Waals surface area (Å²) in [5.41, 5.74) is 8.89. The highest BCUT2D eigenvalue weighted by atomic mass is 16.3. The molecule has 3 heteroatoms. The van der Waals surface area contributed by atoms with Gasteiger partial charge in [0.2, 0.25) is 0 Å². The van der Waals surface area contributed by atoms with Gasteiger partial charge in [0, 0.05) is 6.54 Å². The number of hydrogen-bond acceptors (Lipinski definition) is 2. The fourth-order valence-corrected chi connectivity index (χ4v) is 3.78. The number of hydrogen-bond donors (Lipinski definition) is 1. The maximum atomic E-state index is 11.1. The van der Waals surface area contributed by atoms with Crippen molar-refractivity contribution in [3.05, 3.63) is 113 Å². The molecule has 0 saturated heterocycles. The molecule has 4 aromatic rings. The van der Waals surface area contributed by atoms with Crippen molar-refractivity contribution < 1.29 is 5.11 Å². The summed E-state index contributed by atoms with van der Waals surface area (Å²) in [6.07, 6.45) is 2.83. The minimum Gasteiger partial charge on any atom is -0.382 e. The van der Waals surface area contributed by atoms with E-state index in [9.17, 15) is 5.11 Å². The van der Waals surface area contributed by atoms with Crippen molar-refractivity contribution in [1.82, 2.24) is 9.55 Å². The lowest BCUT2D eigenvalue weighted by Gasteiger charge is -2.16. The number of aliphatic hydroxyl groups excluding tert-OH is 1. The first-order chi connectivity index (χ1) is 14.0. The quantitative estimate of drug-likeness (QED) is 0.487. The second-order valence-electron chi connectivity index (χ2n) is 7.78. The molecule has 0 aliphatic carbocycles. The maximum Gasteiger partial charge on any atom is 0.121 e. The highest BCUT2D eigenvalue weighted by Gasteiger charge is 2.17. The molecule has 4 rings (SSSR count). The third kappa shape index (κ3) is 4.15. The first-order valence-corrected chi connectivity index (χ1v) is 9.92. The number of benzene rings is 3. The molecule has 3 nitrogen and oxygen atoms in total. The summed E-state index contributed by atoms with van der Waals surface area (Å²) in [5, 5.41) is 11.1. The number of aromatic nitrogens is 2. The highest BCUT2D eigenvalue weighted by Crippen LogP contribution is 2.29. The van der Waals surface area contributed by atoms with Gasteiger partial charge in [-0.15, -0.1) is 0 Å². The van der Waals surface area contributed by atoms with Gasteiger partial charge >= 0.3 is 0 Å². The average molecular weight is 383 g/mol. The molecule has 0 saturated carbocycles. The summed E-state index contributed by atoms with van der Waals surface area (Å²) < 4.78 is 2.02. The van der Waals surface area contributed by atoms with Gasteiger partial charge < -0.3 is 9.67 Å². The van der Waals surface area contributed by atoms with Crippen LogP contribution in [0.4, 0.5) is 0 Å². The highest BCUT2D eigenvalue weighted by molar-refractivity contribution is 5.68. The molecular formula is C26H26N2O. The first kappa shape index (κ1) is 19.2. The van der Waals surface area contributed by atoms with Crippen LogP contribution in [0.3, 0.4) is 0 Å². The van der Waals surface area contributed by atoms with Crippen molar-refractivity contribution in [3.8, 4) is 11.1 Å². The Kier molecular flexibility index (Phi) is 5.32. The number of rotatable bonds is 5. The third-order valence-corrected chi connectivity index (χ3v) is 5.39. The molecule has 0 amide bonds. The largest absolute Gasteiger partial charge is 0.382 e. The van der Waals surface area contributed by atoms with Crippen LogP contribution >= 0.6 is 0 Å². The predicted molar refractivity (Wildman–Crippen MR) is 118 cm³/mol. The predicted octanol–water partition coefficient (Wildman–Crippen LogP) is 5.61. The fraction of sp³-hybridized carbons (Fsp3) is 0.192. The van der Waals surface area contributed by atoms with Crippen molar-refractivity contribution in [2.45, 2.75) is 33.4 Å². The van der Waals surface area contributed by atoms with Crippen LogP contribution in [0.2, 0.25) is 0 Å². The van der Waals surface area contributed by atoms with Gasteiger partial charge in [0.05, 0.1) is 18.2 Å². The van der Waals surface area contributed by atoms with Crippen molar-refractivity contribution in [3.63, 3.8) is 0 Å². The zero-order chi connectivity index (χ0) is 20.4. The average Bonchev–Trinajstić information content (AvgIpc) is 3.16. The van der Waals surface area contributed by atoms with E-state index in [1.807, 2.05) is 10.6 Å². The molecule has 1 atom stereocenters. The zero-order valence-corrected chi connectivity index (χ0v) is 17.1. The van der Waals surface area contributed by atoms with Crippen LogP contribution in [0.5, 0.6) is 0 Å². The van der Waals surface area contributed by atoms with E-state index >= 15 is 0 Å². The Balaban J connectivity index is 1.60. The normalized spacial score (nSPS) is 12.1. The molecule has 0 spiro atoms. The second kappa shape index (κ2) is 8.06. The molecule has 1 aromatic heterocycles. The van der Waals surface area contributed by atoms with E-state index in [-0.39, 0.29) is 0 Å². The van der Waals surface area contributed by atoms with Gasteiger partial charge in [-0.25, -0.2) is 4.98 Å². The standard InChI is InChI=1S/C26H26N2O/c1-18-7-9-22(10-8-18)24-12-11-23(14-20(24)3)26(29)25-15-27-17-28(25)16-21-6-4-5-19(2)13-21/h4-15,17,26,29H,16H2,1-3H3.